The number of hydrogen-bond donors (Lipinski definition) is 2. The van der Waals surface area contributed by atoms with E-state index in [-0.39, 0.29) is 5.03 Å². The topological polar surface area (TPSA) is 101 Å². The van der Waals surface area contributed by atoms with E-state index in [2.05, 4.69) is 20.6 Å². The van der Waals surface area contributed by atoms with Crippen molar-refractivity contribution in [2.45, 2.75) is 11.6 Å². The van der Waals surface area contributed by atoms with Gasteiger partial charge < -0.3 is 10.6 Å². The molecule has 0 aromatic carbocycles. The maximum atomic E-state index is 11.6. The van der Waals surface area contributed by atoms with Crippen LogP contribution in [0.2, 0.25) is 0 Å². The first-order valence-electron chi connectivity index (χ1n) is 5.54. The van der Waals surface area contributed by atoms with Crippen LogP contribution < -0.4 is 10.6 Å². The molecular weight excluding hydrogens is 300 g/mol. The Morgan fingerprint density at radius 3 is 2.70 bits per heavy atom. The highest BCUT2D eigenvalue weighted by Crippen LogP contribution is 2.10. The molecule has 0 aliphatic carbocycles. The second-order valence-corrected chi connectivity index (χ2v) is 6.83. The van der Waals surface area contributed by atoms with Gasteiger partial charge in [-0.2, -0.15) is 0 Å². The first-order valence-corrected chi connectivity index (χ1v) is 8.31. The number of aromatic nitrogens is 2. The van der Waals surface area contributed by atoms with Crippen LogP contribution in [0, 0.1) is 0 Å². The van der Waals surface area contributed by atoms with Crippen LogP contribution in [-0.4, -0.2) is 30.7 Å². The monoisotopic (exact) mass is 312 g/mol. The molecule has 0 aliphatic rings. The zero-order chi connectivity index (χ0) is 14.6. The Hall–Kier alpha value is -2.00. The Kier molecular flexibility index (Phi) is 4.30. The van der Waals surface area contributed by atoms with Gasteiger partial charge in [-0.25, -0.2) is 23.2 Å². The average Bonchev–Trinajstić information content (AvgIpc) is 2.89. The quantitative estimate of drug-likeness (QED) is 0.885. The Morgan fingerprint density at radius 1 is 1.35 bits per heavy atom. The van der Waals surface area contributed by atoms with Crippen molar-refractivity contribution in [2.75, 3.05) is 11.6 Å². The Bertz CT molecular complexity index is 681. The van der Waals surface area contributed by atoms with E-state index in [1.54, 1.807) is 6.20 Å². The summed E-state index contributed by atoms with van der Waals surface area (Å²) in [5.74, 6) is 0. The van der Waals surface area contributed by atoms with Gasteiger partial charge in [0, 0.05) is 17.8 Å². The summed E-state index contributed by atoms with van der Waals surface area (Å²) in [5, 5.41) is 7.77. The molecule has 0 spiro atoms. The van der Waals surface area contributed by atoms with Crippen LogP contribution in [-0.2, 0) is 16.4 Å². The summed E-state index contributed by atoms with van der Waals surface area (Å²) in [5.41, 5.74) is 0.411. The summed E-state index contributed by atoms with van der Waals surface area (Å²) in [4.78, 5) is 19.4. The maximum Gasteiger partial charge on any atom is 0.319 e. The fraction of sp³-hybridized carbons (Fsp3) is 0.182. The number of carbonyl (C=O) groups is 1. The summed E-state index contributed by atoms with van der Waals surface area (Å²) < 4.78 is 22.5. The minimum absolute atomic E-state index is 0.0359. The number of hydrogen-bond acceptors (Lipinski definition) is 6. The molecule has 2 amide bonds. The van der Waals surface area contributed by atoms with E-state index < -0.39 is 15.9 Å². The van der Waals surface area contributed by atoms with Crippen molar-refractivity contribution in [3.63, 3.8) is 0 Å². The third-order valence-corrected chi connectivity index (χ3v) is 4.04. The number of thiazole rings is 1. The third kappa shape index (κ3) is 4.00. The highest BCUT2D eigenvalue weighted by atomic mass is 32.2. The van der Waals surface area contributed by atoms with Gasteiger partial charge in [0.05, 0.1) is 18.4 Å². The SMILES string of the molecule is CS(=O)(=O)c1ccc(NC(=O)NCc2nccs2)cn1. The highest BCUT2D eigenvalue weighted by molar-refractivity contribution is 7.90. The third-order valence-electron chi connectivity index (χ3n) is 2.26. The smallest absolute Gasteiger partial charge is 0.319 e. The van der Waals surface area contributed by atoms with E-state index in [0.717, 1.165) is 11.3 Å². The predicted octanol–water partition coefficient (Wildman–Crippen LogP) is 1.26. The largest absolute Gasteiger partial charge is 0.331 e. The number of nitrogens with zero attached hydrogens (tertiary/aromatic N) is 2. The van der Waals surface area contributed by atoms with Crippen LogP contribution in [0.3, 0.4) is 0 Å². The molecule has 0 fully saturated rings. The molecular formula is C11H12N4O3S2. The number of urea groups is 1. The molecule has 2 aromatic rings. The van der Waals surface area contributed by atoms with Crippen LogP contribution in [0.15, 0.2) is 34.9 Å². The molecule has 2 rings (SSSR count). The zero-order valence-electron chi connectivity index (χ0n) is 10.5. The lowest BCUT2D eigenvalue weighted by atomic mass is 10.4. The molecule has 20 heavy (non-hydrogen) atoms. The van der Waals surface area contributed by atoms with E-state index in [9.17, 15) is 13.2 Å². The Labute approximate surface area is 120 Å². The van der Waals surface area contributed by atoms with E-state index >= 15 is 0 Å². The van der Waals surface area contributed by atoms with Gasteiger partial charge in [0.2, 0.25) is 0 Å². The van der Waals surface area contributed by atoms with Crippen molar-refractivity contribution in [3.8, 4) is 0 Å². The van der Waals surface area contributed by atoms with E-state index in [1.807, 2.05) is 5.38 Å². The molecule has 0 bridgehead atoms. The van der Waals surface area contributed by atoms with Crippen LogP contribution in [0.1, 0.15) is 5.01 Å². The standard InChI is InChI=1S/C11H12N4O3S2/c1-20(17,18)10-3-2-8(6-13-10)15-11(16)14-7-9-12-4-5-19-9/h2-6H,7H2,1H3,(H2,14,15,16). The normalized spacial score (nSPS) is 11.1. The van der Waals surface area contributed by atoms with Crippen molar-refractivity contribution < 1.29 is 13.2 Å². The summed E-state index contributed by atoms with van der Waals surface area (Å²) >= 11 is 1.44. The summed E-state index contributed by atoms with van der Waals surface area (Å²) in [6.07, 6.45) is 4.02. The number of pyridine rings is 1. The Morgan fingerprint density at radius 2 is 2.15 bits per heavy atom. The van der Waals surface area contributed by atoms with Crippen molar-refractivity contribution in [1.29, 1.82) is 0 Å². The van der Waals surface area contributed by atoms with Gasteiger partial charge in [0.1, 0.15) is 5.01 Å². The molecule has 0 radical (unpaired) electrons. The molecule has 0 saturated carbocycles. The van der Waals surface area contributed by atoms with Gasteiger partial charge in [-0.3, -0.25) is 0 Å². The molecule has 2 heterocycles. The molecule has 7 nitrogen and oxygen atoms in total. The van der Waals surface area contributed by atoms with Crippen LogP contribution in [0.5, 0.6) is 0 Å². The summed E-state index contributed by atoms with van der Waals surface area (Å²) in [6.45, 7) is 0.332. The summed E-state index contributed by atoms with van der Waals surface area (Å²) in [7, 11) is -3.33. The average molecular weight is 312 g/mol. The van der Waals surface area contributed by atoms with Gasteiger partial charge in [0.25, 0.3) is 0 Å². The van der Waals surface area contributed by atoms with Gasteiger partial charge in [-0.05, 0) is 12.1 Å². The molecule has 0 saturated heterocycles. The van der Waals surface area contributed by atoms with Crippen molar-refractivity contribution in [1.82, 2.24) is 15.3 Å². The number of nitrogens with one attached hydrogen (secondary N) is 2. The maximum absolute atomic E-state index is 11.6. The fourth-order valence-electron chi connectivity index (χ4n) is 1.35. The van der Waals surface area contributed by atoms with Crippen LogP contribution in [0.4, 0.5) is 10.5 Å². The zero-order valence-corrected chi connectivity index (χ0v) is 12.2. The van der Waals surface area contributed by atoms with E-state index in [1.165, 1.54) is 29.7 Å². The van der Waals surface area contributed by atoms with Gasteiger partial charge in [-0.1, -0.05) is 0 Å². The number of sulfone groups is 1. The van der Waals surface area contributed by atoms with E-state index in [0.29, 0.717) is 12.2 Å². The lowest BCUT2D eigenvalue weighted by Crippen LogP contribution is -2.28. The minimum atomic E-state index is -3.33. The fourth-order valence-corrected chi connectivity index (χ4v) is 2.46. The lowest BCUT2D eigenvalue weighted by molar-refractivity contribution is 0.251. The second-order valence-electron chi connectivity index (χ2n) is 3.89. The van der Waals surface area contributed by atoms with Gasteiger partial charge in [0.15, 0.2) is 14.9 Å². The molecule has 0 aliphatic heterocycles. The number of rotatable bonds is 4. The minimum Gasteiger partial charge on any atom is -0.331 e. The number of anilines is 1. The van der Waals surface area contributed by atoms with Crippen LogP contribution in [0.25, 0.3) is 0 Å². The van der Waals surface area contributed by atoms with Crippen molar-refractivity contribution >= 4 is 32.9 Å². The molecule has 2 N–H and O–H groups in total. The molecule has 106 valence electrons. The predicted molar refractivity (Wildman–Crippen MR) is 75.3 cm³/mol. The Balaban J connectivity index is 1.91. The van der Waals surface area contributed by atoms with Gasteiger partial charge in [-0.15, -0.1) is 11.3 Å². The van der Waals surface area contributed by atoms with Gasteiger partial charge >= 0.3 is 6.03 Å². The molecule has 0 atom stereocenters. The number of amides is 2. The summed E-state index contributed by atoms with van der Waals surface area (Å²) in [6, 6.07) is 2.41. The molecule has 2 aromatic heterocycles. The second kappa shape index (κ2) is 5.97. The highest BCUT2D eigenvalue weighted by Gasteiger charge is 2.09. The molecule has 0 unspecified atom stereocenters. The molecule has 9 heteroatoms. The van der Waals surface area contributed by atoms with E-state index in [4.69, 9.17) is 0 Å². The van der Waals surface area contributed by atoms with Crippen molar-refractivity contribution in [3.05, 3.63) is 34.9 Å². The lowest BCUT2D eigenvalue weighted by Gasteiger charge is -2.06. The first-order chi connectivity index (χ1) is 9.45. The first kappa shape index (κ1) is 14.4. The van der Waals surface area contributed by atoms with Crippen molar-refractivity contribution in [2.24, 2.45) is 0 Å². The number of carbonyl (C=O) groups excluding carboxylic acids is 1. The van der Waals surface area contributed by atoms with Crippen LogP contribution >= 0.6 is 11.3 Å².